The first-order valence-electron chi connectivity index (χ1n) is 7.14. The van der Waals surface area contributed by atoms with Crippen LogP contribution in [0.1, 0.15) is 32.6 Å². The Kier molecular flexibility index (Phi) is 4.59. The third kappa shape index (κ3) is 3.27. The van der Waals surface area contributed by atoms with Gasteiger partial charge in [0.1, 0.15) is 0 Å². The van der Waals surface area contributed by atoms with Crippen molar-refractivity contribution < 1.29 is 0 Å². The Labute approximate surface area is 120 Å². The number of hydrogen-bond donors (Lipinski definition) is 2. The lowest BCUT2D eigenvalue weighted by molar-refractivity contribution is 0.334. The summed E-state index contributed by atoms with van der Waals surface area (Å²) < 4.78 is 0. The molecule has 1 aromatic rings. The molecular weight excluding hydrogens is 254 g/mol. The number of aromatic nitrogens is 3. The molecule has 2 atom stereocenters. The highest BCUT2D eigenvalue weighted by molar-refractivity contribution is 5.44. The van der Waals surface area contributed by atoms with E-state index in [9.17, 15) is 0 Å². The summed E-state index contributed by atoms with van der Waals surface area (Å²) >= 11 is 0. The topological polar surface area (TPSA) is 83.2 Å². The number of nitrogens with two attached hydrogens (primary N) is 1. The molecule has 7 nitrogen and oxygen atoms in total. The quantitative estimate of drug-likeness (QED) is 0.633. The van der Waals surface area contributed by atoms with E-state index in [-0.39, 0.29) is 0 Å². The van der Waals surface area contributed by atoms with Gasteiger partial charge in [-0.3, -0.25) is 5.43 Å². The fraction of sp³-hybridized carbons (Fsp3) is 0.769. The molecule has 2 unspecified atom stereocenters. The fourth-order valence-corrected chi connectivity index (χ4v) is 2.69. The Hall–Kier alpha value is -1.63. The molecule has 1 aliphatic carbocycles. The van der Waals surface area contributed by atoms with Crippen LogP contribution in [0.4, 0.5) is 17.8 Å². The molecule has 0 bridgehead atoms. The van der Waals surface area contributed by atoms with E-state index in [2.05, 4.69) is 39.2 Å². The van der Waals surface area contributed by atoms with Gasteiger partial charge in [0.15, 0.2) is 0 Å². The second kappa shape index (κ2) is 6.21. The van der Waals surface area contributed by atoms with Gasteiger partial charge < -0.3 is 9.80 Å². The number of nitrogens with one attached hydrogen (secondary N) is 1. The highest BCUT2D eigenvalue weighted by Crippen LogP contribution is 2.28. The zero-order valence-corrected chi connectivity index (χ0v) is 12.8. The Bertz CT molecular complexity index is 448. The molecule has 0 saturated heterocycles. The molecule has 0 radical (unpaired) electrons. The summed E-state index contributed by atoms with van der Waals surface area (Å²) in [5, 5.41) is 0. The number of nitrogens with zero attached hydrogens (tertiary/aromatic N) is 5. The maximum absolute atomic E-state index is 5.45. The third-order valence-electron chi connectivity index (χ3n) is 3.91. The van der Waals surface area contributed by atoms with E-state index in [4.69, 9.17) is 5.84 Å². The molecule has 20 heavy (non-hydrogen) atoms. The van der Waals surface area contributed by atoms with Crippen LogP contribution in [0, 0.1) is 5.92 Å². The first kappa shape index (κ1) is 14.8. The van der Waals surface area contributed by atoms with Crippen LogP contribution in [-0.2, 0) is 0 Å². The average molecular weight is 279 g/mol. The lowest BCUT2D eigenvalue weighted by Gasteiger charge is -2.34. The molecule has 112 valence electrons. The lowest BCUT2D eigenvalue weighted by Crippen LogP contribution is -2.37. The van der Waals surface area contributed by atoms with E-state index in [1.54, 1.807) is 0 Å². The largest absolute Gasteiger partial charge is 0.347 e. The van der Waals surface area contributed by atoms with E-state index >= 15 is 0 Å². The van der Waals surface area contributed by atoms with Crippen molar-refractivity contribution in [3.8, 4) is 0 Å². The van der Waals surface area contributed by atoms with Crippen LogP contribution < -0.4 is 21.1 Å². The van der Waals surface area contributed by atoms with E-state index < -0.39 is 0 Å². The SMILES string of the molecule is CC1CCCC(N(C)c2nc(NN)nc(N(C)C)n2)C1. The first-order valence-corrected chi connectivity index (χ1v) is 7.14. The standard InChI is InChI=1S/C13H25N7/c1-9-6-5-7-10(8-9)20(4)13-16-11(18-14)15-12(17-13)19(2)3/h9-10H,5-8,14H2,1-4H3,(H,15,16,17,18). The van der Waals surface area contributed by atoms with E-state index in [1.165, 1.54) is 25.7 Å². The van der Waals surface area contributed by atoms with Crippen molar-refractivity contribution in [2.24, 2.45) is 11.8 Å². The summed E-state index contributed by atoms with van der Waals surface area (Å²) in [4.78, 5) is 17.1. The van der Waals surface area contributed by atoms with E-state index in [0.29, 0.717) is 23.9 Å². The van der Waals surface area contributed by atoms with Gasteiger partial charge in [0.05, 0.1) is 0 Å². The minimum atomic E-state index is 0.398. The number of rotatable bonds is 4. The van der Waals surface area contributed by atoms with Crippen molar-refractivity contribution in [3.05, 3.63) is 0 Å². The van der Waals surface area contributed by atoms with Crippen LogP contribution in [0.15, 0.2) is 0 Å². The summed E-state index contributed by atoms with van der Waals surface area (Å²) in [6, 6.07) is 0.488. The molecule has 0 amide bonds. The Balaban J connectivity index is 2.23. The van der Waals surface area contributed by atoms with Crippen LogP contribution in [0.25, 0.3) is 0 Å². The summed E-state index contributed by atoms with van der Waals surface area (Å²) in [7, 11) is 5.86. The number of hydrogen-bond acceptors (Lipinski definition) is 7. The summed E-state index contributed by atoms with van der Waals surface area (Å²) in [5.41, 5.74) is 2.51. The lowest BCUT2D eigenvalue weighted by atomic mass is 9.86. The van der Waals surface area contributed by atoms with Crippen molar-refractivity contribution in [3.63, 3.8) is 0 Å². The molecule has 2 rings (SSSR count). The Morgan fingerprint density at radius 3 is 2.40 bits per heavy atom. The van der Waals surface area contributed by atoms with Gasteiger partial charge in [-0.1, -0.05) is 19.8 Å². The average Bonchev–Trinajstić information content (AvgIpc) is 2.45. The normalized spacial score (nSPS) is 22.4. The van der Waals surface area contributed by atoms with Crippen LogP contribution in [-0.4, -0.2) is 42.1 Å². The third-order valence-corrected chi connectivity index (χ3v) is 3.91. The van der Waals surface area contributed by atoms with E-state index in [1.807, 2.05) is 19.0 Å². The van der Waals surface area contributed by atoms with Gasteiger partial charge in [0, 0.05) is 27.2 Å². The summed E-state index contributed by atoms with van der Waals surface area (Å²) in [6.45, 7) is 2.31. The molecule has 1 fully saturated rings. The molecule has 1 heterocycles. The molecule has 0 aromatic carbocycles. The van der Waals surface area contributed by atoms with E-state index in [0.717, 1.165) is 5.92 Å². The maximum atomic E-state index is 5.45. The highest BCUT2D eigenvalue weighted by atomic mass is 15.4. The first-order chi connectivity index (χ1) is 9.51. The predicted molar refractivity (Wildman–Crippen MR) is 81.8 cm³/mol. The summed E-state index contributed by atoms with van der Waals surface area (Å²) in [6.07, 6.45) is 4.96. The van der Waals surface area contributed by atoms with Crippen LogP contribution in [0.5, 0.6) is 0 Å². The van der Waals surface area contributed by atoms with Crippen LogP contribution >= 0.6 is 0 Å². The molecule has 0 aliphatic heterocycles. The second-order valence-corrected chi connectivity index (χ2v) is 5.83. The second-order valence-electron chi connectivity index (χ2n) is 5.83. The van der Waals surface area contributed by atoms with Gasteiger partial charge in [0.25, 0.3) is 0 Å². The predicted octanol–water partition coefficient (Wildman–Crippen LogP) is 1.24. The van der Waals surface area contributed by atoms with Gasteiger partial charge in [0.2, 0.25) is 17.8 Å². The number of hydrazine groups is 1. The monoisotopic (exact) mass is 279 g/mol. The Morgan fingerprint density at radius 1 is 1.10 bits per heavy atom. The van der Waals surface area contributed by atoms with Crippen LogP contribution in [0.3, 0.4) is 0 Å². The van der Waals surface area contributed by atoms with Crippen molar-refractivity contribution in [2.45, 2.75) is 38.6 Å². The van der Waals surface area contributed by atoms with Crippen LogP contribution in [0.2, 0.25) is 0 Å². The summed E-state index contributed by atoms with van der Waals surface area (Å²) in [5.74, 6) is 7.90. The minimum Gasteiger partial charge on any atom is -0.347 e. The van der Waals surface area contributed by atoms with Gasteiger partial charge in [-0.25, -0.2) is 5.84 Å². The van der Waals surface area contributed by atoms with Gasteiger partial charge in [-0.2, -0.15) is 15.0 Å². The molecule has 1 saturated carbocycles. The molecule has 3 N–H and O–H groups in total. The molecule has 1 aliphatic rings. The molecule has 7 heteroatoms. The molecule has 0 spiro atoms. The van der Waals surface area contributed by atoms with Crippen molar-refractivity contribution in [1.29, 1.82) is 0 Å². The number of anilines is 3. The number of nitrogen functional groups attached to an aromatic ring is 1. The van der Waals surface area contributed by atoms with Crippen molar-refractivity contribution in [1.82, 2.24) is 15.0 Å². The minimum absolute atomic E-state index is 0.398. The fourth-order valence-electron chi connectivity index (χ4n) is 2.69. The van der Waals surface area contributed by atoms with Crippen molar-refractivity contribution >= 4 is 17.8 Å². The maximum Gasteiger partial charge on any atom is 0.243 e. The van der Waals surface area contributed by atoms with Gasteiger partial charge >= 0.3 is 0 Å². The molecular formula is C13H25N7. The highest BCUT2D eigenvalue weighted by Gasteiger charge is 2.24. The molecule has 1 aromatic heterocycles. The zero-order chi connectivity index (χ0) is 14.7. The van der Waals surface area contributed by atoms with Gasteiger partial charge in [-0.05, 0) is 18.8 Å². The van der Waals surface area contributed by atoms with Gasteiger partial charge in [-0.15, -0.1) is 0 Å². The smallest absolute Gasteiger partial charge is 0.243 e. The van der Waals surface area contributed by atoms with Crippen molar-refractivity contribution in [2.75, 3.05) is 36.4 Å². The Morgan fingerprint density at radius 2 is 1.80 bits per heavy atom. The zero-order valence-electron chi connectivity index (χ0n) is 12.8.